The maximum atomic E-state index is 14.5. The van der Waals surface area contributed by atoms with Gasteiger partial charge in [-0.3, -0.25) is 14.4 Å². The van der Waals surface area contributed by atoms with E-state index in [4.69, 9.17) is 9.90 Å². The van der Waals surface area contributed by atoms with Crippen molar-refractivity contribution in [2.24, 2.45) is 7.05 Å². The number of aromatic nitrogens is 3. The van der Waals surface area contributed by atoms with Gasteiger partial charge in [-0.05, 0) is 18.6 Å². The van der Waals surface area contributed by atoms with Crippen LogP contribution in [0.5, 0.6) is 0 Å². The molecule has 1 fully saturated rings. The fourth-order valence-corrected chi connectivity index (χ4v) is 4.38. The van der Waals surface area contributed by atoms with Crippen LogP contribution in [0.2, 0.25) is 0 Å². The monoisotopic (exact) mass is 471 g/mol. The molecule has 0 aliphatic carbocycles. The number of piperazine rings is 1. The lowest BCUT2D eigenvalue weighted by Gasteiger charge is -2.35. The lowest BCUT2D eigenvalue weighted by atomic mass is 10.1. The smallest absolute Gasteiger partial charge is 0.327 e. The van der Waals surface area contributed by atoms with Crippen LogP contribution in [0, 0.1) is 5.82 Å². The molecule has 1 aromatic carbocycles. The summed E-state index contributed by atoms with van der Waals surface area (Å²) in [5.41, 5.74) is 2.68. The summed E-state index contributed by atoms with van der Waals surface area (Å²) in [6, 6.07) is 4.46. The van der Waals surface area contributed by atoms with Gasteiger partial charge in [-0.15, -0.1) is 0 Å². The highest BCUT2D eigenvalue weighted by atomic mass is 19.1. The van der Waals surface area contributed by atoms with Crippen molar-refractivity contribution in [3.05, 3.63) is 42.0 Å². The fourth-order valence-electron chi connectivity index (χ4n) is 4.38. The summed E-state index contributed by atoms with van der Waals surface area (Å²) < 4.78 is 16.1. The van der Waals surface area contributed by atoms with Gasteiger partial charge >= 0.3 is 6.03 Å². The minimum absolute atomic E-state index is 0.0174. The SMILES string of the molecule is Cn1cc2cc(NC(=O)N3CCc4c(N5CCN[C@@H](CO)C5)ccnc43)c(F)cc2n1.O=CO. The molecule has 3 aromatic rings. The zero-order valence-electron chi connectivity index (χ0n) is 18.6. The summed E-state index contributed by atoms with van der Waals surface area (Å²) in [7, 11) is 1.77. The number of pyridine rings is 1. The van der Waals surface area contributed by atoms with Gasteiger partial charge in [-0.1, -0.05) is 0 Å². The number of aryl methyl sites for hydroxylation is 1. The van der Waals surface area contributed by atoms with Crippen molar-refractivity contribution in [2.75, 3.05) is 47.9 Å². The van der Waals surface area contributed by atoms with Gasteiger partial charge in [0.15, 0.2) is 0 Å². The average Bonchev–Trinajstić information content (AvgIpc) is 3.42. The van der Waals surface area contributed by atoms with Gasteiger partial charge in [-0.2, -0.15) is 5.10 Å². The number of rotatable bonds is 3. The number of nitrogens with one attached hydrogen (secondary N) is 2. The van der Waals surface area contributed by atoms with Crippen LogP contribution < -0.4 is 20.4 Å². The van der Waals surface area contributed by atoms with Gasteiger partial charge in [-0.25, -0.2) is 14.2 Å². The maximum absolute atomic E-state index is 14.5. The molecule has 2 aliphatic rings. The Morgan fingerprint density at radius 2 is 2.18 bits per heavy atom. The van der Waals surface area contributed by atoms with Crippen LogP contribution in [0.25, 0.3) is 10.9 Å². The third-order valence-corrected chi connectivity index (χ3v) is 5.86. The average molecular weight is 471 g/mol. The molecule has 0 spiro atoms. The number of carbonyl (C=O) groups excluding carboxylic acids is 1. The van der Waals surface area contributed by atoms with Crippen LogP contribution in [-0.4, -0.2) is 76.3 Å². The minimum Gasteiger partial charge on any atom is -0.483 e. The van der Waals surface area contributed by atoms with Crippen LogP contribution in [-0.2, 0) is 18.3 Å². The Labute approximate surface area is 194 Å². The number of nitrogens with zero attached hydrogens (tertiary/aromatic N) is 5. The van der Waals surface area contributed by atoms with E-state index < -0.39 is 11.8 Å². The molecule has 11 nitrogen and oxygen atoms in total. The first-order valence-corrected chi connectivity index (χ1v) is 10.8. The molecule has 4 heterocycles. The lowest BCUT2D eigenvalue weighted by Crippen LogP contribution is -2.52. The number of fused-ring (bicyclic) bond motifs is 2. The van der Waals surface area contributed by atoms with Crippen LogP contribution in [0.15, 0.2) is 30.6 Å². The number of hydrogen-bond donors (Lipinski definition) is 4. The van der Waals surface area contributed by atoms with Crippen molar-refractivity contribution in [3.8, 4) is 0 Å². The van der Waals surface area contributed by atoms with Crippen LogP contribution in [0.4, 0.5) is 26.4 Å². The van der Waals surface area contributed by atoms with Gasteiger partial charge in [0.1, 0.15) is 11.6 Å². The quantitative estimate of drug-likeness (QED) is 0.418. The summed E-state index contributed by atoms with van der Waals surface area (Å²) in [6.07, 6.45) is 4.14. The summed E-state index contributed by atoms with van der Waals surface area (Å²) in [4.78, 5) is 29.6. The Morgan fingerprint density at radius 1 is 1.38 bits per heavy atom. The van der Waals surface area contributed by atoms with E-state index in [9.17, 15) is 14.3 Å². The number of aliphatic hydroxyl groups excluding tert-OH is 1. The number of aliphatic hydroxyl groups is 1. The zero-order valence-corrected chi connectivity index (χ0v) is 18.6. The van der Waals surface area contributed by atoms with E-state index in [1.54, 1.807) is 35.1 Å². The number of hydrogen-bond acceptors (Lipinski definition) is 7. The largest absolute Gasteiger partial charge is 0.483 e. The molecular weight excluding hydrogens is 445 g/mol. The predicted octanol–water partition coefficient (Wildman–Crippen LogP) is 1.17. The Kier molecular flexibility index (Phi) is 6.89. The van der Waals surface area contributed by atoms with Crippen molar-refractivity contribution in [1.29, 1.82) is 0 Å². The van der Waals surface area contributed by atoms with Crippen molar-refractivity contribution in [3.63, 3.8) is 0 Å². The standard InChI is InChI=1S/C21H24FN7O2.CH2O2/c1-27-10-13-8-18(16(22)9-17(13)26-27)25-21(31)29-6-3-15-19(2-4-24-20(15)29)28-7-5-23-14(11-28)12-30;2-1-3/h2,4,8-10,14,23,30H,3,5-7,11-12H2,1H3,(H,25,31);1H,(H,2,3)/t14-;/m1./s1. The molecule has 12 heteroatoms. The Hall–Kier alpha value is -3.77. The van der Waals surface area contributed by atoms with Gasteiger partial charge < -0.3 is 25.7 Å². The minimum atomic E-state index is -0.531. The molecule has 0 radical (unpaired) electrons. The zero-order chi connectivity index (χ0) is 24.2. The molecular formula is C22H26FN7O4. The van der Waals surface area contributed by atoms with Crippen molar-refractivity contribution in [2.45, 2.75) is 12.5 Å². The van der Waals surface area contributed by atoms with Gasteiger partial charge in [0, 0.05) is 74.4 Å². The summed E-state index contributed by atoms with van der Waals surface area (Å²) in [5.74, 6) is 0.0634. The van der Waals surface area contributed by atoms with E-state index in [-0.39, 0.29) is 24.8 Å². The van der Waals surface area contributed by atoms with Gasteiger partial charge in [0.2, 0.25) is 0 Å². The number of amides is 2. The van der Waals surface area contributed by atoms with E-state index in [0.717, 1.165) is 29.7 Å². The first-order valence-electron chi connectivity index (χ1n) is 10.8. The van der Waals surface area contributed by atoms with Crippen molar-refractivity contribution in [1.82, 2.24) is 20.1 Å². The van der Waals surface area contributed by atoms with Crippen LogP contribution in [0.1, 0.15) is 5.56 Å². The summed E-state index contributed by atoms with van der Waals surface area (Å²) in [6.45, 7) is 2.58. The second-order valence-corrected chi connectivity index (χ2v) is 8.04. The van der Waals surface area contributed by atoms with Crippen LogP contribution >= 0.6 is 0 Å². The van der Waals surface area contributed by atoms with Crippen LogP contribution in [0.3, 0.4) is 0 Å². The molecule has 180 valence electrons. The maximum Gasteiger partial charge on any atom is 0.327 e. The molecule has 0 unspecified atom stereocenters. The Balaban J connectivity index is 0.000000868. The van der Waals surface area contributed by atoms with E-state index in [0.29, 0.717) is 30.8 Å². The van der Waals surface area contributed by atoms with Gasteiger partial charge in [0.25, 0.3) is 6.47 Å². The number of urea groups is 1. The molecule has 1 saturated heterocycles. The highest BCUT2D eigenvalue weighted by Crippen LogP contribution is 2.34. The molecule has 2 aliphatic heterocycles. The van der Waals surface area contributed by atoms with Crippen molar-refractivity contribution < 1.29 is 24.2 Å². The number of halogens is 1. The second kappa shape index (κ2) is 10.0. The lowest BCUT2D eigenvalue weighted by molar-refractivity contribution is -0.122. The molecule has 0 saturated carbocycles. The molecule has 5 rings (SSSR count). The third-order valence-electron chi connectivity index (χ3n) is 5.86. The number of benzene rings is 1. The predicted molar refractivity (Wildman–Crippen MR) is 125 cm³/mol. The number of anilines is 3. The third kappa shape index (κ3) is 4.63. The van der Waals surface area contributed by atoms with Gasteiger partial charge in [0.05, 0.1) is 17.8 Å². The molecule has 0 bridgehead atoms. The summed E-state index contributed by atoms with van der Waals surface area (Å²) >= 11 is 0. The van der Waals surface area contributed by atoms with Crippen molar-refractivity contribution >= 4 is 40.6 Å². The summed E-state index contributed by atoms with van der Waals surface area (Å²) in [5, 5.41) is 27.3. The molecule has 4 N–H and O–H groups in total. The topological polar surface area (TPSA) is 136 Å². The second-order valence-electron chi connectivity index (χ2n) is 8.04. The highest BCUT2D eigenvalue weighted by molar-refractivity contribution is 6.04. The molecule has 34 heavy (non-hydrogen) atoms. The van der Waals surface area contributed by atoms with E-state index in [1.165, 1.54) is 6.07 Å². The first kappa shape index (κ1) is 23.4. The normalized spacial score (nSPS) is 17.2. The van der Waals surface area contributed by atoms with E-state index in [1.807, 2.05) is 6.07 Å². The molecule has 2 aromatic heterocycles. The fraction of sp³-hybridized carbons (Fsp3) is 0.364. The number of carboxylic acid groups (broad SMARTS) is 1. The Bertz CT molecular complexity index is 1200. The molecule has 1 atom stereocenters. The highest BCUT2D eigenvalue weighted by Gasteiger charge is 2.31. The van der Waals surface area contributed by atoms with E-state index >= 15 is 0 Å². The van der Waals surface area contributed by atoms with E-state index in [2.05, 4.69) is 25.6 Å². The number of carbonyl (C=O) groups is 2. The first-order chi connectivity index (χ1) is 16.4. The molecule has 2 amide bonds. The Morgan fingerprint density at radius 3 is 2.94 bits per heavy atom.